The maximum Gasteiger partial charge on any atom is 0.110 e. The monoisotopic (exact) mass is 434 g/mol. The molecule has 33 heavy (non-hydrogen) atoms. The van der Waals surface area contributed by atoms with Gasteiger partial charge in [0.15, 0.2) is 0 Å². The van der Waals surface area contributed by atoms with Crippen LogP contribution in [0.5, 0.6) is 0 Å². The van der Waals surface area contributed by atoms with Crippen molar-refractivity contribution < 1.29 is 0 Å². The van der Waals surface area contributed by atoms with Gasteiger partial charge in [-0.15, -0.1) is 0 Å². The fourth-order valence-corrected chi connectivity index (χ4v) is 4.30. The summed E-state index contributed by atoms with van der Waals surface area (Å²) >= 11 is 0. The Morgan fingerprint density at radius 2 is 1.70 bits per heavy atom. The van der Waals surface area contributed by atoms with Gasteiger partial charge in [-0.05, 0) is 54.2 Å². The molecular formula is C29H30N4. The predicted octanol–water partition coefficient (Wildman–Crippen LogP) is 6.29. The third-order valence-corrected chi connectivity index (χ3v) is 6.74. The van der Waals surface area contributed by atoms with Crippen LogP contribution in [0.3, 0.4) is 0 Å². The second kappa shape index (κ2) is 8.75. The van der Waals surface area contributed by atoms with Gasteiger partial charge >= 0.3 is 0 Å². The Bertz CT molecular complexity index is 1340. The van der Waals surface area contributed by atoms with E-state index in [1.54, 1.807) is 0 Å². The lowest BCUT2D eigenvalue weighted by Gasteiger charge is -2.15. The van der Waals surface area contributed by atoms with Crippen molar-refractivity contribution in [3.05, 3.63) is 82.7 Å². The van der Waals surface area contributed by atoms with E-state index in [-0.39, 0.29) is 0 Å². The molecule has 0 bridgehead atoms. The van der Waals surface area contributed by atoms with Crippen LogP contribution in [-0.4, -0.2) is 19.9 Å². The van der Waals surface area contributed by atoms with Crippen molar-refractivity contribution in [1.82, 2.24) is 19.9 Å². The summed E-state index contributed by atoms with van der Waals surface area (Å²) in [5.74, 6) is 9.77. The maximum atomic E-state index is 4.98. The smallest absolute Gasteiger partial charge is 0.110 e. The normalized spacial score (nSPS) is 13.2. The minimum absolute atomic E-state index is 0.428. The first-order chi connectivity index (χ1) is 16.0. The van der Waals surface area contributed by atoms with Gasteiger partial charge in [-0.2, -0.15) is 0 Å². The highest BCUT2D eigenvalue weighted by Gasteiger charge is 2.23. The summed E-state index contributed by atoms with van der Waals surface area (Å²) in [4.78, 5) is 16.3. The molecule has 1 aliphatic rings. The Hall–Kier alpha value is -3.58. The average Bonchev–Trinajstić information content (AvgIpc) is 3.49. The van der Waals surface area contributed by atoms with E-state index in [1.165, 1.54) is 16.8 Å². The molecule has 1 unspecified atom stereocenters. The van der Waals surface area contributed by atoms with Crippen LogP contribution < -0.4 is 0 Å². The van der Waals surface area contributed by atoms with E-state index in [2.05, 4.69) is 97.0 Å². The number of nitrogens with one attached hydrogen (secondary N) is 2. The zero-order chi connectivity index (χ0) is 22.9. The van der Waals surface area contributed by atoms with Gasteiger partial charge in [0.1, 0.15) is 11.6 Å². The van der Waals surface area contributed by atoms with Gasteiger partial charge in [0.05, 0.1) is 17.6 Å². The fraction of sp³-hybridized carbons (Fsp3) is 0.310. The van der Waals surface area contributed by atoms with Crippen LogP contribution in [0.25, 0.3) is 22.5 Å². The molecule has 166 valence electrons. The summed E-state index contributed by atoms with van der Waals surface area (Å²) in [6.45, 7) is 8.84. The number of hydrogen-bond acceptors (Lipinski definition) is 2. The van der Waals surface area contributed by atoms with E-state index in [0.29, 0.717) is 11.8 Å². The van der Waals surface area contributed by atoms with Crippen LogP contribution in [0.4, 0.5) is 0 Å². The van der Waals surface area contributed by atoms with Gasteiger partial charge in [0.25, 0.3) is 0 Å². The number of rotatable bonds is 4. The summed E-state index contributed by atoms with van der Waals surface area (Å²) in [5.41, 5.74) is 9.21. The lowest BCUT2D eigenvalue weighted by Crippen LogP contribution is -2.04. The molecule has 2 aromatic carbocycles. The second-order valence-electron chi connectivity index (χ2n) is 9.28. The first-order valence-corrected chi connectivity index (χ1v) is 11.9. The van der Waals surface area contributed by atoms with E-state index in [1.807, 2.05) is 6.20 Å². The zero-order valence-electron chi connectivity index (χ0n) is 19.8. The van der Waals surface area contributed by atoms with Gasteiger partial charge in [-0.25, -0.2) is 9.97 Å². The molecule has 0 saturated carbocycles. The number of fused-ring (bicyclic) bond motifs is 3. The summed E-state index contributed by atoms with van der Waals surface area (Å²) in [7, 11) is 0. The minimum atomic E-state index is 0.428. The third-order valence-electron chi connectivity index (χ3n) is 6.74. The number of aromatic nitrogens is 4. The molecule has 0 aliphatic heterocycles. The van der Waals surface area contributed by atoms with Crippen LogP contribution in [0, 0.1) is 17.8 Å². The Morgan fingerprint density at radius 3 is 2.42 bits per heavy atom. The summed E-state index contributed by atoms with van der Waals surface area (Å²) in [5, 5.41) is 0. The van der Waals surface area contributed by atoms with Gasteiger partial charge in [-0.3, -0.25) is 0 Å². The van der Waals surface area contributed by atoms with Crippen LogP contribution in [0.15, 0.2) is 48.7 Å². The van der Waals surface area contributed by atoms with E-state index in [0.717, 1.165) is 59.0 Å². The molecule has 0 spiro atoms. The Labute approximate surface area is 195 Å². The molecule has 1 atom stereocenters. The van der Waals surface area contributed by atoms with Crippen molar-refractivity contribution in [3.8, 4) is 34.4 Å². The first-order valence-electron chi connectivity index (χ1n) is 11.9. The Kier molecular flexibility index (Phi) is 5.64. The molecule has 4 heteroatoms. The number of nitrogens with zero attached hydrogens (tertiary/aromatic N) is 2. The van der Waals surface area contributed by atoms with Crippen molar-refractivity contribution in [2.24, 2.45) is 5.92 Å². The lowest BCUT2D eigenvalue weighted by molar-refractivity contribution is 0.514. The first kappa shape index (κ1) is 21.3. The molecule has 4 aromatic rings. The van der Waals surface area contributed by atoms with Crippen LogP contribution >= 0.6 is 0 Å². The molecule has 2 aromatic heterocycles. The molecule has 2 N–H and O–H groups in total. The highest BCUT2D eigenvalue weighted by atomic mass is 14.9. The molecule has 0 amide bonds. The standard InChI is InChI=1S/C29H30N4/c1-5-27-30-17-26(31-27)22-11-8-20(9-12-22)6-7-21-10-14-24-23(16-21)13-15-25-28(24)33-29(32-25)19(4)18(2)3/h8-12,14,16-19H,5,13,15H2,1-4H3,(H,30,31)(H,32,33). The number of aryl methyl sites for hydroxylation is 3. The van der Waals surface area contributed by atoms with Crippen LogP contribution in [0.2, 0.25) is 0 Å². The van der Waals surface area contributed by atoms with Crippen molar-refractivity contribution in [1.29, 1.82) is 0 Å². The molecule has 5 rings (SSSR count). The number of imidazole rings is 2. The largest absolute Gasteiger partial charge is 0.345 e. The average molecular weight is 435 g/mol. The van der Waals surface area contributed by atoms with Crippen molar-refractivity contribution in [3.63, 3.8) is 0 Å². The molecule has 4 nitrogen and oxygen atoms in total. The van der Waals surface area contributed by atoms with E-state index in [9.17, 15) is 0 Å². The van der Waals surface area contributed by atoms with Crippen molar-refractivity contribution >= 4 is 0 Å². The minimum Gasteiger partial charge on any atom is -0.345 e. The molecule has 0 saturated heterocycles. The number of H-pyrrole nitrogens is 2. The topological polar surface area (TPSA) is 57.4 Å². The van der Waals surface area contributed by atoms with Crippen LogP contribution in [0.1, 0.15) is 67.6 Å². The molecule has 1 aliphatic carbocycles. The van der Waals surface area contributed by atoms with Gasteiger partial charge < -0.3 is 9.97 Å². The Morgan fingerprint density at radius 1 is 0.939 bits per heavy atom. The predicted molar refractivity (Wildman–Crippen MR) is 134 cm³/mol. The zero-order valence-corrected chi connectivity index (χ0v) is 19.8. The number of aromatic amines is 2. The van der Waals surface area contributed by atoms with Gasteiger partial charge in [-0.1, -0.05) is 57.7 Å². The van der Waals surface area contributed by atoms with Crippen molar-refractivity contribution in [2.75, 3.05) is 0 Å². The van der Waals surface area contributed by atoms with Gasteiger partial charge in [0, 0.05) is 34.7 Å². The summed E-state index contributed by atoms with van der Waals surface area (Å²) < 4.78 is 0. The van der Waals surface area contributed by atoms with E-state index in [4.69, 9.17) is 4.98 Å². The lowest BCUT2D eigenvalue weighted by atomic mass is 9.91. The maximum absolute atomic E-state index is 4.98. The van der Waals surface area contributed by atoms with Gasteiger partial charge in [0.2, 0.25) is 0 Å². The SMILES string of the molecule is CCc1ncc(-c2ccc(C#Cc3ccc4c(c3)CCc3[nH]c(C(C)C(C)C)nc3-4)cc2)[nH]1. The fourth-order valence-electron chi connectivity index (χ4n) is 4.30. The highest BCUT2D eigenvalue weighted by Crippen LogP contribution is 2.34. The quantitative estimate of drug-likeness (QED) is 0.371. The highest BCUT2D eigenvalue weighted by molar-refractivity contribution is 5.70. The Balaban J connectivity index is 1.36. The van der Waals surface area contributed by atoms with Crippen LogP contribution in [-0.2, 0) is 19.3 Å². The summed E-state index contributed by atoms with van der Waals surface area (Å²) in [6, 6.07) is 14.9. The number of benzene rings is 2. The van der Waals surface area contributed by atoms with Crippen molar-refractivity contribution in [2.45, 2.75) is 52.9 Å². The summed E-state index contributed by atoms with van der Waals surface area (Å²) in [6.07, 6.45) is 4.83. The third kappa shape index (κ3) is 4.24. The second-order valence-corrected chi connectivity index (χ2v) is 9.28. The molecule has 0 fully saturated rings. The van der Waals surface area contributed by atoms with E-state index < -0.39 is 0 Å². The number of hydrogen-bond donors (Lipinski definition) is 2. The molecular weight excluding hydrogens is 404 g/mol. The molecule has 0 radical (unpaired) electrons. The molecule has 2 heterocycles. The van der Waals surface area contributed by atoms with E-state index >= 15 is 0 Å².